The number of halogens is 3. The predicted octanol–water partition coefficient (Wildman–Crippen LogP) is 7.05. The van der Waals surface area contributed by atoms with E-state index >= 15 is 0 Å². The quantitative estimate of drug-likeness (QED) is 0.513. The lowest BCUT2D eigenvalue weighted by Crippen LogP contribution is -2.29. The summed E-state index contributed by atoms with van der Waals surface area (Å²) in [6, 6.07) is 17.2. The molecule has 3 rings (SSSR count). The van der Waals surface area contributed by atoms with Crippen molar-refractivity contribution in [2.45, 2.75) is 10.7 Å². The molecule has 0 aromatic heterocycles. The number of ether oxygens (including phenoxy) is 1. The van der Waals surface area contributed by atoms with Crippen molar-refractivity contribution < 1.29 is 4.74 Å². The molecule has 2 aromatic rings. The normalized spacial score (nSPS) is 19.8. The zero-order chi connectivity index (χ0) is 17.9. The van der Waals surface area contributed by atoms with E-state index in [9.17, 15) is 0 Å². The van der Waals surface area contributed by atoms with Crippen LogP contribution in [0.5, 0.6) is 11.5 Å². The van der Waals surface area contributed by atoms with Gasteiger partial charge >= 0.3 is 0 Å². The molecule has 0 spiro atoms. The molecular weight excluding hydrogens is 377 g/mol. The highest BCUT2D eigenvalue weighted by Crippen LogP contribution is 2.47. The number of aliphatic imine (C=N–C) groups is 1. The van der Waals surface area contributed by atoms with Crippen LogP contribution in [0.25, 0.3) is 0 Å². The molecular formula is C20H16Cl3NO. The number of alkyl halides is 3. The zero-order valence-electron chi connectivity index (χ0n) is 13.5. The summed E-state index contributed by atoms with van der Waals surface area (Å²) in [5, 5.41) is 0. The molecule has 0 aliphatic heterocycles. The third-order valence-electron chi connectivity index (χ3n) is 3.89. The maximum atomic E-state index is 6.02. The minimum atomic E-state index is -1.40. The van der Waals surface area contributed by atoms with Crippen molar-refractivity contribution in [2.24, 2.45) is 10.4 Å². The third-order valence-corrected chi connectivity index (χ3v) is 5.11. The van der Waals surface area contributed by atoms with E-state index in [-0.39, 0.29) is 0 Å². The van der Waals surface area contributed by atoms with Crippen molar-refractivity contribution in [3.05, 3.63) is 78.9 Å². The smallest absolute Gasteiger partial charge is 0.202 e. The Labute approximate surface area is 162 Å². The van der Waals surface area contributed by atoms with Crippen molar-refractivity contribution >= 4 is 46.2 Å². The number of nitrogens with zero attached hydrogens (tertiary/aromatic N) is 1. The molecule has 0 fully saturated rings. The fourth-order valence-corrected chi connectivity index (χ4v) is 2.63. The Morgan fingerprint density at radius 3 is 1.96 bits per heavy atom. The molecule has 5 heteroatoms. The Kier molecular flexibility index (Phi) is 5.24. The molecule has 0 N–H and O–H groups in total. The monoisotopic (exact) mass is 391 g/mol. The second kappa shape index (κ2) is 7.25. The van der Waals surface area contributed by atoms with Gasteiger partial charge < -0.3 is 4.74 Å². The lowest BCUT2D eigenvalue weighted by molar-refractivity contribution is 0.483. The van der Waals surface area contributed by atoms with E-state index in [0.29, 0.717) is 0 Å². The summed E-state index contributed by atoms with van der Waals surface area (Å²) in [7, 11) is 0. The summed E-state index contributed by atoms with van der Waals surface area (Å²) in [6.45, 7) is 1.86. The van der Waals surface area contributed by atoms with E-state index in [0.717, 1.165) is 22.9 Å². The highest BCUT2D eigenvalue weighted by atomic mass is 35.6. The Hall–Kier alpha value is -1.74. The Balaban J connectivity index is 1.71. The molecule has 0 unspecified atom stereocenters. The molecule has 2 aromatic carbocycles. The number of hydrogen-bond acceptors (Lipinski definition) is 2. The van der Waals surface area contributed by atoms with Gasteiger partial charge in [-0.1, -0.05) is 65.2 Å². The van der Waals surface area contributed by atoms with Crippen LogP contribution in [0.2, 0.25) is 0 Å². The van der Waals surface area contributed by atoms with Gasteiger partial charge in [-0.2, -0.15) is 0 Å². The highest BCUT2D eigenvalue weighted by Gasteiger charge is 2.41. The van der Waals surface area contributed by atoms with Crippen LogP contribution in [-0.4, -0.2) is 9.50 Å². The van der Waals surface area contributed by atoms with Gasteiger partial charge in [-0.05, 0) is 55.5 Å². The molecule has 0 radical (unpaired) electrons. The van der Waals surface area contributed by atoms with Crippen molar-refractivity contribution in [1.29, 1.82) is 0 Å². The van der Waals surface area contributed by atoms with Gasteiger partial charge in [-0.15, -0.1) is 0 Å². The predicted molar refractivity (Wildman–Crippen MR) is 107 cm³/mol. The van der Waals surface area contributed by atoms with Crippen LogP contribution in [0, 0.1) is 5.41 Å². The van der Waals surface area contributed by atoms with Crippen molar-refractivity contribution in [1.82, 2.24) is 0 Å². The minimum absolute atomic E-state index is 0.649. The minimum Gasteiger partial charge on any atom is -0.457 e. The highest BCUT2D eigenvalue weighted by molar-refractivity contribution is 6.68. The molecule has 2 nitrogen and oxygen atoms in total. The molecule has 0 bridgehead atoms. The standard InChI is InChI=1S/C20H16Cl3NO/c1-19(20(21,22)23)13-11-16(12-14-19)24-15-7-9-18(10-8-15)25-17-5-3-2-4-6-17/h2-14H,1H3. The van der Waals surface area contributed by atoms with E-state index in [4.69, 9.17) is 39.5 Å². The van der Waals surface area contributed by atoms with E-state index in [1.165, 1.54) is 0 Å². The third kappa shape index (κ3) is 4.46. The Morgan fingerprint density at radius 1 is 0.840 bits per heavy atom. The van der Waals surface area contributed by atoms with Gasteiger partial charge in [0.05, 0.1) is 16.8 Å². The van der Waals surface area contributed by atoms with E-state index < -0.39 is 9.21 Å². The fourth-order valence-electron chi connectivity index (χ4n) is 2.25. The van der Waals surface area contributed by atoms with Gasteiger partial charge in [0, 0.05) is 0 Å². The molecule has 0 amide bonds. The molecule has 1 aliphatic rings. The van der Waals surface area contributed by atoms with Crippen molar-refractivity contribution in [2.75, 3.05) is 0 Å². The molecule has 1 aliphatic carbocycles. The lowest BCUT2D eigenvalue weighted by atomic mass is 9.87. The van der Waals surface area contributed by atoms with E-state index in [1.54, 1.807) is 0 Å². The first-order valence-electron chi connectivity index (χ1n) is 7.73. The first-order chi connectivity index (χ1) is 11.9. The number of benzene rings is 2. The van der Waals surface area contributed by atoms with E-state index in [1.807, 2.05) is 85.8 Å². The maximum Gasteiger partial charge on any atom is 0.202 e. The summed E-state index contributed by atoms with van der Waals surface area (Å²) >= 11 is 18.1. The van der Waals surface area contributed by atoms with Gasteiger partial charge in [0.2, 0.25) is 3.79 Å². The lowest BCUT2D eigenvalue weighted by Gasteiger charge is -2.31. The van der Waals surface area contributed by atoms with Crippen LogP contribution in [-0.2, 0) is 0 Å². The fraction of sp³-hybridized carbons (Fsp3) is 0.150. The molecule has 128 valence electrons. The van der Waals surface area contributed by atoms with Gasteiger partial charge in [-0.25, -0.2) is 4.99 Å². The summed E-state index contributed by atoms with van der Waals surface area (Å²) in [5.41, 5.74) is 0.968. The second-order valence-electron chi connectivity index (χ2n) is 5.89. The van der Waals surface area contributed by atoms with Gasteiger partial charge in [-0.3, -0.25) is 0 Å². The van der Waals surface area contributed by atoms with Crippen LogP contribution in [0.15, 0.2) is 83.9 Å². The number of rotatable bonds is 3. The maximum absolute atomic E-state index is 6.02. The number of para-hydroxylation sites is 1. The molecule has 25 heavy (non-hydrogen) atoms. The first kappa shape index (κ1) is 18.1. The number of allylic oxidation sites excluding steroid dienone is 4. The van der Waals surface area contributed by atoms with Crippen LogP contribution in [0.4, 0.5) is 5.69 Å². The topological polar surface area (TPSA) is 21.6 Å². The van der Waals surface area contributed by atoms with Crippen molar-refractivity contribution in [3.8, 4) is 11.5 Å². The van der Waals surface area contributed by atoms with E-state index in [2.05, 4.69) is 4.99 Å². The molecule has 0 saturated heterocycles. The summed E-state index contributed by atoms with van der Waals surface area (Å²) in [6.07, 6.45) is 7.42. The molecule has 0 saturated carbocycles. The SMILES string of the molecule is CC1(C(Cl)(Cl)Cl)C=CC(=Nc2ccc(Oc3ccccc3)cc2)C=C1. The van der Waals surface area contributed by atoms with Gasteiger partial charge in [0.15, 0.2) is 0 Å². The molecule has 0 heterocycles. The van der Waals surface area contributed by atoms with Gasteiger partial charge in [0.1, 0.15) is 11.5 Å². The first-order valence-corrected chi connectivity index (χ1v) is 8.86. The second-order valence-corrected chi connectivity index (χ2v) is 8.17. The van der Waals surface area contributed by atoms with Crippen molar-refractivity contribution in [3.63, 3.8) is 0 Å². The number of hydrogen-bond donors (Lipinski definition) is 0. The largest absolute Gasteiger partial charge is 0.457 e. The summed E-state index contributed by atoms with van der Waals surface area (Å²) in [5.74, 6) is 1.55. The summed E-state index contributed by atoms with van der Waals surface area (Å²) in [4.78, 5) is 4.57. The summed E-state index contributed by atoms with van der Waals surface area (Å²) < 4.78 is 4.37. The zero-order valence-corrected chi connectivity index (χ0v) is 15.8. The van der Waals surface area contributed by atoms with Crippen LogP contribution < -0.4 is 4.74 Å². The molecule has 0 atom stereocenters. The van der Waals surface area contributed by atoms with Crippen LogP contribution in [0.1, 0.15) is 6.92 Å². The average Bonchev–Trinajstić information content (AvgIpc) is 2.59. The Morgan fingerprint density at radius 2 is 1.40 bits per heavy atom. The van der Waals surface area contributed by atoms with Gasteiger partial charge in [0.25, 0.3) is 0 Å². The average molecular weight is 393 g/mol. The van der Waals surface area contributed by atoms with Crippen LogP contribution >= 0.6 is 34.8 Å². The Bertz CT molecular complexity index is 802. The van der Waals surface area contributed by atoms with Crippen LogP contribution in [0.3, 0.4) is 0 Å².